The Kier molecular flexibility index (Phi) is 8.79. The zero-order chi connectivity index (χ0) is 26.2. The van der Waals surface area contributed by atoms with Crippen molar-refractivity contribution in [1.82, 2.24) is 30.9 Å². The van der Waals surface area contributed by atoms with Crippen LogP contribution in [0.25, 0.3) is 10.9 Å². The Morgan fingerprint density at radius 3 is 2.36 bits per heavy atom. The van der Waals surface area contributed by atoms with Gasteiger partial charge in [-0.25, -0.2) is 4.98 Å². The Bertz CT molecular complexity index is 1200. The molecular weight excluding hydrogens is 466 g/mol. The van der Waals surface area contributed by atoms with Gasteiger partial charge in [-0.3, -0.25) is 19.2 Å². The molecule has 0 aliphatic heterocycles. The van der Waals surface area contributed by atoms with Gasteiger partial charge in [-0.2, -0.15) is 0 Å². The summed E-state index contributed by atoms with van der Waals surface area (Å²) in [6.45, 7) is 2.98. The van der Waals surface area contributed by atoms with Crippen LogP contribution in [-0.4, -0.2) is 68.4 Å². The third-order valence-electron chi connectivity index (χ3n) is 5.78. The molecule has 0 aliphatic rings. The summed E-state index contributed by atoms with van der Waals surface area (Å²) in [5, 5.41) is 17.5. The van der Waals surface area contributed by atoms with Gasteiger partial charge in [-0.05, 0) is 17.5 Å². The number of nitrogens with zero attached hydrogens (tertiary/aromatic N) is 1. The number of rotatable bonds is 12. The lowest BCUT2D eigenvalue weighted by Gasteiger charge is -2.24. The number of aliphatic carboxylic acids is 1. The first-order valence-corrected chi connectivity index (χ1v) is 11.5. The second-order valence-electron chi connectivity index (χ2n) is 8.85. The van der Waals surface area contributed by atoms with Crippen LogP contribution in [0, 0.1) is 5.92 Å². The van der Waals surface area contributed by atoms with Crippen molar-refractivity contribution in [2.75, 3.05) is 6.54 Å². The van der Waals surface area contributed by atoms with Gasteiger partial charge in [0.25, 0.3) is 0 Å². The predicted octanol–water partition coefficient (Wildman–Crippen LogP) is -0.170. The van der Waals surface area contributed by atoms with Gasteiger partial charge in [0.1, 0.15) is 18.6 Å². The number of aromatic amines is 2. The largest absolute Gasteiger partial charge is 0.480 e. The molecule has 0 radical (unpaired) electrons. The number of benzene rings is 1. The number of hydrogen-bond acceptors (Lipinski definition) is 6. The van der Waals surface area contributed by atoms with Gasteiger partial charge in [0.15, 0.2) is 0 Å². The topological polar surface area (TPSA) is 195 Å². The van der Waals surface area contributed by atoms with Crippen LogP contribution in [0.15, 0.2) is 43.0 Å². The normalized spacial score (nSPS) is 13.7. The number of carboxylic acid groups (broad SMARTS) is 1. The Morgan fingerprint density at radius 1 is 1.00 bits per heavy atom. The summed E-state index contributed by atoms with van der Waals surface area (Å²) in [5.41, 5.74) is 8.17. The highest BCUT2D eigenvalue weighted by Gasteiger charge is 2.30. The lowest BCUT2D eigenvalue weighted by atomic mass is 10.0. The van der Waals surface area contributed by atoms with Crippen LogP contribution in [0.5, 0.6) is 0 Å². The van der Waals surface area contributed by atoms with E-state index in [1.165, 1.54) is 12.5 Å². The number of imidazole rings is 1. The van der Waals surface area contributed by atoms with Crippen molar-refractivity contribution >= 4 is 34.6 Å². The van der Waals surface area contributed by atoms with E-state index in [9.17, 15) is 19.2 Å². The summed E-state index contributed by atoms with van der Waals surface area (Å²) in [4.78, 5) is 59.8. The third-order valence-corrected chi connectivity index (χ3v) is 5.78. The van der Waals surface area contributed by atoms with E-state index in [2.05, 4.69) is 30.9 Å². The molecule has 3 amide bonds. The smallest absolute Gasteiger partial charge is 0.322 e. The lowest BCUT2D eigenvalue weighted by molar-refractivity contribution is -0.138. The van der Waals surface area contributed by atoms with E-state index < -0.39 is 48.4 Å². The molecule has 12 heteroatoms. The standard InChI is InChI=1S/C24H31N7O5/c1-13(2)21(25)24(36)31-19(8-15-10-26-12-29-15)23(35)30-18(22(34)28-11-20(32)33)7-14-9-27-17-6-4-3-5-16(14)17/h3-6,9-10,12-13,18-19,21,27H,7-8,11,25H2,1-2H3,(H,26,29)(H,28,34)(H,30,35)(H,31,36)(H,32,33). The molecule has 3 rings (SSSR count). The Morgan fingerprint density at radius 2 is 1.69 bits per heavy atom. The van der Waals surface area contributed by atoms with Crippen LogP contribution in [0.2, 0.25) is 0 Å². The fraction of sp³-hybridized carbons (Fsp3) is 0.375. The van der Waals surface area contributed by atoms with Crippen molar-refractivity contribution in [3.05, 3.63) is 54.2 Å². The average Bonchev–Trinajstić information content (AvgIpc) is 3.51. The second-order valence-corrected chi connectivity index (χ2v) is 8.85. The minimum Gasteiger partial charge on any atom is -0.480 e. The van der Waals surface area contributed by atoms with E-state index in [1.807, 2.05) is 24.3 Å². The van der Waals surface area contributed by atoms with Crippen LogP contribution in [0.1, 0.15) is 25.1 Å². The highest BCUT2D eigenvalue weighted by molar-refractivity contribution is 5.94. The molecule has 0 spiro atoms. The summed E-state index contributed by atoms with van der Waals surface area (Å²) in [6, 6.07) is 4.49. The molecular formula is C24H31N7O5. The summed E-state index contributed by atoms with van der Waals surface area (Å²) in [5.74, 6) is -3.16. The Balaban J connectivity index is 1.83. The van der Waals surface area contributed by atoms with E-state index in [-0.39, 0.29) is 18.8 Å². The second kappa shape index (κ2) is 12.0. The fourth-order valence-electron chi connectivity index (χ4n) is 3.68. The van der Waals surface area contributed by atoms with Crippen LogP contribution in [0.4, 0.5) is 0 Å². The maximum absolute atomic E-state index is 13.3. The van der Waals surface area contributed by atoms with Gasteiger partial charge >= 0.3 is 5.97 Å². The quantitative estimate of drug-likeness (QED) is 0.180. The number of nitrogens with two attached hydrogens (primary N) is 1. The number of carbonyl (C=O) groups excluding carboxylic acids is 3. The van der Waals surface area contributed by atoms with Gasteiger partial charge in [0.2, 0.25) is 17.7 Å². The Hall–Kier alpha value is -4.19. The zero-order valence-electron chi connectivity index (χ0n) is 20.1. The number of hydrogen-bond donors (Lipinski definition) is 7. The van der Waals surface area contributed by atoms with E-state index in [0.29, 0.717) is 5.69 Å². The van der Waals surface area contributed by atoms with E-state index in [0.717, 1.165) is 16.5 Å². The average molecular weight is 498 g/mol. The fourth-order valence-corrected chi connectivity index (χ4v) is 3.68. The molecule has 0 saturated heterocycles. The first-order chi connectivity index (χ1) is 17.2. The predicted molar refractivity (Wildman–Crippen MR) is 132 cm³/mol. The summed E-state index contributed by atoms with van der Waals surface area (Å²) >= 11 is 0. The van der Waals surface area contributed by atoms with E-state index >= 15 is 0 Å². The minimum absolute atomic E-state index is 0.0823. The molecule has 0 fully saturated rings. The molecule has 3 aromatic rings. The molecule has 2 aromatic heterocycles. The number of H-pyrrole nitrogens is 2. The first kappa shape index (κ1) is 26.4. The zero-order valence-corrected chi connectivity index (χ0v) is 20.1. The monoisotopic (exact) mass is 497 g/mol. The number of fused-ring (bicyclic) bond motifs is 1. The van der Waals surface area contributed by atoms with Gasteiger partial charge in [-0.15, -0.1) is 0 Å². The van der Waals surface area contributed by atoms with E-state index in [4.69, 9.17) is 10.8 Å². The van der Waals surface area contributed by atoms with Crippen LogP contribution >= 0.6 is 0 Å². The molecule has 8 N–H and O–H groups in total. The maximum Gasteiger partial charge on any atom is 0.322 e. The molecule has 192 valence electrons. The van der Waals surface area contributed by atoms with Crippen molar-refractivity contribution in [3.63, 3.8) is 0 Å². The lowest BCUT2D eigenvalue weighted by Crippen LogP contribution is -2.57. The van der Waals surface area contributed by atoms with Crippen molar-refractivity contribution < 1.29 is 24.3 Å². The van der Waals surface area contributed by atoms with Gasteiger partial charge in [-0.1, -0.05) is 32.0 Å². The molecule has 2 heterocycles. The number of para-hydroxylation sites is 1. The number of carboxylic acids is 1. The molecule has 0 bridgehead atoms. The van der Waals surface area contributed by atoms with Crippen LogP contribution in [0.3, 0.4) is 0 Å². The summed E-state index contributed by atoms with van der Waals surface area (Å²) in [7, 11) is 0. The molecule has 1 aromatic carbocycles. The molecule has 12 nitrogen and oxygen atoms in total. The highest BCUT2D eigenvalue weighted by atomic mass is 16.4. The molecule has 3 atom stereocenters. The van der Waals surface area contributed by atoms with Gasteiger partial charge < -0.3 is 36.8 Å². The number of aromatic nitrogens is 3. The van der Waals surface area contributed by atoms with Crippen molar-refractivity contribution in [3.8, 4) is 0 Å². The van der Waals surface area contributed by atoms with Crippen molar-refractivity contribution in [1.29, 1.82) is 0 Å². The minimum atomic E-state index is -1.22. The maximum atomic E-state index is 13.3. The SMILES string of the molecule is CC(C)C(N)C(=O)NC(Cc1cnc[nH]1)C(=O)NC(Cc1c[nH]c2ccccc12)C(=O)NCC(=O)O. The number of amides is 3. The van der Waals surface area contributed by atoms with Gasteiger partial charge in [0, 0.05) is 41.8 Å². The molecule has 0 saturated carbocycles. The Labute approximate surface area is 207 Å². The summed E-state index contributed by atoms with van der Waals surface area (Å²) in [6.07, 6.45) is 4.89. The number of nitrogens with one attached hydrogen (secondary N) is 5. The highest BCUT2D eigenvalue weighted by Crippen LogP contribution is 2.19. The van der Waals surface area contributed by atoms with Crippen molar-refractivity contribution in [2.45, 2.75) is 44.8 Å². The summed E-state index contributed by atoms with van der Waals surface area (Å²) < 4.78 is 0. The molecule has 36 heavy (non-hydrogen) atoms. The molecule has 0 aliphatic carbocycles. The van der Waals surface area contributed by atoms with Gasteiger partial charge in [0.05, 0.1) is 12.4 Å². The van der Waals surface area contributed by atoms with Crippen LogP contribution < -0.4 is 21.7 Å². The third kappa shape index (κ3) is 6.92. The number of carbonyl (C=O) groups is 4. The first-order valence-electron chi connectivity index (χ1n) is 11.5. The van der Waals surface area contributed by atoms with Crippen LogP contribution in [-0.2, 0) is 32.0 Å². The van der Waals surface area contributed by atoms with E-state index in [1.54, 1.807) is 20.0 Å². The van der Waals surface area contributed by atoms with Crippen molar-refractivity contribution in [2.24, 2.45) is 11.7 Å². The molecule has 3 unspecified atom stereocenters.